The second-order valence-corrected chi connectivity index (χ2v) is 6.05. The van der Waals surface area contributed by atoms with E-state index < -0.39 is 17.8 Å². The van der Waals surface area contributed by atoms with Crippen molar-refractivity contribution in [1.82, 2.24) is 4.90 Å². The van der Waals surface area contributed by atoms with Crippen LogP contribution in [0.3, 0.4) is 0 Å². The Morgan fingerprint density at radius 2 is 1.50 bits per heavy atom. The SMILES string of the molecule is CC(C(=O)O)C(C)C(=O)N(CC1CC1)CC1CC1. The van der Waals surface area contributed by atoms with Crippen LogP contribution in [0.15, 0.2) is 0 Å². The summed E-state index contributed by atoms with van der Waals surface area (Å²) >= 11 is 0. The Kier molecular flexibility index (Phi) is 3.93. The number of nitrogens with zero attached hydrogens (tertiary/aromatic N) is 1. The monoisotopic (exact) mass is 253 g/mol. The molecular weight excluding hydrogens is 230 g/mol. The van der Waals surface area contributed by atoms with Gasteiger partial charge in [0, 0.05) is 19.0 Å². The average molecular weight is 253 g/mol. The molecule has 0 heterocycles. The van der Waals surface area contributed by atoms with Gasteiger partial charge in [-0.1, -0.05) is 13.8 Å². The molecule has 1 amide bonds. The van der Waals surface area contributed by atoms with Crippen LogP contribution in [0.4, 0.5) is 0 Å². The van der Waals surface area contributed by atoms with E-state index in [0.29, 0.717) is 11.8 Å². The van der Waals surface area contributed by atoms with Crippen LogP contribution >= 0.6 is 0 Å². The lowest BCUT2D eigenvalue weighted by Gasteiger charge is -2.27. The number of aliphatic carboxylic acids is 1. The molecule has 0 aromatic rings. The molecule has 2 unspecified atom stereocenters. The van der Waals surface area contributed by atoms with Crippen molar-refractivity contribution in [2.24, 2.45) is 23.7 Å². The van der Waals surface area contributed by atoms with Crippen molar-refractivity contribution in [1.29, 1.82) is 0 Å². The fourth-order valence-electron chi connectivity index (χ4n) is 2.19. The molecule has 2 saturated carbocycles. The van der Waals surface area contributed by atoms with Crippen molar-refractivity contribution in [3.63, 3.8) is 0 Å². The van der Waals surface area contributed by atoms with Gasteiger partial charge >= 0.3 is 5.97 Å². The molecular formula is C14H23NO3. The van der Waals surface area contributed by atoms with Gasteiger partial charge in [0.15, 0.2) is 0 Å². The summed E-state index contributed by atoms with van der Waals surface area (Å²) in [5.41, 5.74) is 0. The first-order valence-electron chi connectivity index (χ1n) is 7.00. The van der Waals surface area contributed by atoms with E-state index in [-0.39, 0.29) is 5.91 Å². The van der Waals surface area contributed by atoms with Crippen LogP contribution in [0.2, 0.25) is 0 Å². The number of hydrogen-bond donors (Lipinski definition) is 1. The lowest BCUT2D eigenvalue weighted by atomic mass is 9.94. The minimum Gasteiger partial charge on any atom is -0.481 e. The maximum atomic E-state index is 12.4. The molecule has 0 spiro atoms. The van der Waals surface area contributed by atoms with Crippen molar-refractivity contribution in [3.05, 3.63) is 0 Å². The van der Waals surface area contributed by atoms with E-state index in [1.165, 1.54) is 25.7 Å². The molecule has 0 aromatic heterocycles. The van der Waals surface area contributed by atoms with Gasteiger partial charge in [-0.25, -0.2) is 0 Å². The van der Waals surface area contributed by atoms with Gasteiger partial charge in [0.05, 0.1) is 5.92 Å². The summed E-state index contributed by atoms with van der Waals surface area (Å²) in [5, 5.41) is 9.00. The molecule has 0 radical (unpaired) electrons. The van der Waals surface area contributed by atoms with Gasteiger partial charge in [-0.15, -0.1) is 0 Å². The van der Waals surface area contributed by atoms with Crippen LogP contribution in [-0.2, 0) is 9.59 Å². The molecule has 102 valence electrons. The second kappa shape index (κ2) is 5.29. The van der Waals surface area contributed by atoms with Gasteiger partial charge in [-0.2, -0.15) is 0 Å². The highest BCUT2D eigenvalue weighted by Crippen LogP contribution is 2.34. The minimum atomic E-state index is -0.881. The first-order valence-corrected chi connectivity index (χ1v) is 7.00. The number of amides is 1. The number of rotatable bonds is 7. The van der Waals surface area contributed by atoms with E-state index in [1.54, 1.807) is 13.8 Å². The highest BCUT2D eigenvalue weighted by atomic mass is 16.4. The van der Waals surface area contributed by atoms with Gasteiger partial charge in [-0.3, -0.25) is 9.59 Å². The van der Waals surface area contributed by atoms with Gasteiger partial charge in [-0.05, 0) is 37.5 Å². The maximum Gasteiger partial charge on any atom is 0.307 e. The minimum absolute atomic E-state index is 0.0312. The Labute approximate surface area is 108 Å². The lowest BCUT2D eigenvalue weighted by Crippen LogP contribution is -2.41. The number of carbonyl (C=O) groups excluding carboxylic acids is 1. The first kappa shape index (κ1) is 13.4. The zero-order valence-corrected chi connectivity index (χ0v) is 11.3. The fraction of sp³-hybridized carbons (Fsp3) is 0.857. The molecule has 0 aliphatic heterocycles. The van der Waals surface area contributed by atoms with Crippen molar-refractivity contribution < 1.29 is 14.7 Å². The lowest BCUT2D eigenvalue weighted by molar-refractivity contribution is -0.149. The van der Waals surface area contributed by atoms with Gasteiger partial charge < -0.3 is 10.0 Å². The Morgan fingerprint density at radius 1 is 1.06 bits per heavy atom. The molecule has 4 nitrogen and oxygen atoms in total. The van der Waals surface area contributed by atoms with Crippen LogP contribution in [0.5, 0.6) is 0 Å². The third-order valence-corrected chi connectivity index (χ3v) is 4.19. The third-order valence-electron chi connectivity index (χ3n) is 4.19. The normalized spacial score (nSPS) is 22.3. The molecule has 1 N–H and O–H groups in total. The summed E-state index contributed by atoms with van der Waals surface area (Å²) in [4.78, 5) is 25.3. The summed E-state index contributed by atoms with van der Waals surface area (Å²) < 4.78 is 0. The summed E-state index contributed by atoms with van der Waals surface area (Å²) in [7, 11) is 0. The van der Waals surface area contributed by atoms with E-state index in [9.17, 15) is 9.59 Å². The van der Waals surface area contributed by atoms with Crippen molar-refractivity contribution in [2.45, 2.75) is 39.5 Å². The van der Waals surface area contributed by atoms with Gasteiger partial charge in [0.2, 0.25) is 5.91 Å². The highest BCUT2D eigenvalue weighted by Gasteiger charge is 2.35. The Morgan fingerprint density at radius 3 is 1.83 bits per heavy atom. The van der Waals surface area contributed by atoms with Crippen LogP contribution < -0.4 is 0 Å². The largest absolute Gasteiger partial charge is 0.481 e. The standard InChI is InChI=1S/C14H23NO3/c1-9(10(2)14(17)18)13(16)15(7-11-3-4-11)8-12-5-6-12/h9-12H,3-8H2,1-2H3,(H,17,18). The zero-order valence-electron chi connectivity index (χ0n) is 11.3. The number of carbonyl (C=O) groups is 2. The van der Waals surface area contributed by atoms with Crippen molar-refractivity contribution in [3.8, 4) is 0 Å². The molecule has 18 heavy (non-hydrogen) atoms. The fourth-order valence-corrected chi connectivity index (χ4v) is 2.19. The summed E-state index contributed by atoms with van der Waals surface area (Å²) in [5.74, 6) is -0.532. The van der Waals surface area contributed by atoms with E-state index in [4.69, 9.17) is 5.11 Å². The van der Waals surface area contributed by atoms with Crippen LogP contribution in [0, 0.1) is 23.7 Å². The van der Waals surface area contributed by atoms with Crippen molar-refractivity contribution >= 4 is 11.9 Å². The molecule has 0 bridgehead atoms. The number of hydrogen-bond acceptors (Lipinski definition) is 2. The van der Waals surface area contributed by atoms with Crippen LogP contribution in [0.25, 0.3) is 0 Å². The Bertz CT molecular complexity index is 320. The Balaban J connectivity index is 1.93. The molecule has 2 rings (SSSR count). The smallest absolute Gasteiger partial charge is 0.307 e. The molecule has 2 aliphatic rings. The van der Waals surface area contributed by atoms with E-state index in [1.807, 2.05) is 4.90 Å². The zero-order chi connectivity index (χ0) is 13.3. The van der Waals surface area contributed by atoms with Crippen LogP contribution in [0.1, 0.15) is 39.5 Å². The summed E-state index contributed by atoms with van der Waals surface area (Å²) in [6, 6.07) is 0. The molecule has 2 fully saturated rings. The van der Waals surface area contributed by atoms with Crippen LogP contribution in [-0.4, -0.2) is 35.0 Å². The number of carboxylic acid groups (broad SMARTS) is 1. The number of carboxylic acids is 1. The summed E-state index contributed by atoms with van der Waals surface area (Å²) in [6.07, 6.45) is 4.88. The van der Waals surface area contributed by atoms with E-state index in [2.05, 4.69) is 0 Å². The highest BCUT2D eigenvalue weighted by molar-refractivity contribution is 5.84. The summed E-state index contributed by atoms with van der Waals surface area (Å²) in [6.45, 7) is 5.04. The first-order chi connectivity index (χ1) is 8.49. The topological polar surface area (TPSA) is 57.6 Å². The molecule has 0 saturated heterocycles. The molecule has 2 aliphatic carbocycles. The maximum absolute atomic E-state index is 12.4. The van der Waals surface area contributed by atoms with E-state index in [0.717, 1.165) is 13.1 Å². The predicted octanol–water partition coefficient (Wildman–Crippen LogP) is 1.99. The second-order valence-electron chi connectivity index (χ2n) is 6.05. The van der Waals surface area contributed by atoms with Gasteiger partial charge in [0.1, 0.15) is 0 Å². The molecule has 2 atom stereocenters. The third kappa shape index (κ3) is 3.47. The quantitative estimate of drug-likeness (QED) is 0.755. The molecule has 0 aromatic carbocycles. The van der Waals surface area contributed by atoms with Crippen molar-refractivity contribution in [2.75, 3.05) is 13.1 Å². The average Bonchev–Trinajstić information content (AvgIpc) is 3.19. The Hall–Kier alpha value is -1.06. The molecule has 4 heteroatoms. The van der Waals surface area contributed by atoms with Gasteiger partial charge in [0.25, 0.3) is 0 Å². The predicted molar refractivity (Wildman–Crippen MR) is 68.0 cm³/mol. The van der Waals surface area contributed by atoms with E-state index >= 15 is 0 Å².